The van der Waals surface area contributed by atoms with Gasteiger partial charge in [-0.2, -0.15) is 0 Å². The third-order valence-corrected chi connectivity index (χ3v) is 4.76. The Morgan fingerprint density at radius 1 is 1.00 bits per heavy atom. The molecule has 0 unspecified atom stereocenters. The van der Waals surface area contributed by atoms with E-state index < -0.39 is 0 Å². The third-order valence-electron chi connectivity index (χ3n) is 3.60. The second-order valence-corrected chi connectivity index (χ2v) is 6.71. The van der Waals surface area contributed by atoms with E-state index in [-0.39, 0.29) is 17.0 Å². The van der Waals surface area contributed by atoms with Crippen molar-refractivity contribution in [1.29, 1.82) is 0 Å². The van der Waals surface area contributed by atoms with Crippen LogP contribution in [0, 0.1) is 20.8 Å². The zero-order chi connectivity index (χ0) is 15.7. The van der Waals surface area contributed by atoms with Crippen molar-refractivity contribution in [3.05, 3.63) is 63.5 Å². The van der Waals surface area contributed by atoms with Gasteiger partial charge in [0.05, 0.1) is 5.69 Å². The summed E-state index contributed by atoms with van der Waals surface area (Å²) in [4.78, 5) is 4.69. The minimum atomic E-state index is 0. The number of aromatic nitrogens is 1. The quantitative estimate of drug-likeness (QED) is 0.520. The van der Waals surface area contributed by atoms with Crippen molar-refractivity contribution >= 4 is 50.7 Å². The molecule has 0 radical (unpaired) electrons. The Labute approximate surface area is 156 Å². The van der Waals surface area contributed by atoms with Gasteiger partial charge < -0.3 is 5.32 Å². The lowest BCUT2D eigenvalue weighted by atomic mass is 10.0. The van der Waals surface area contributed by atoms with Gasteiger partial charge in [0.1, 0.15) is 0 Å². The molecule has 5 heteroatoms. The molecule has 0 aliphatic rings. The van der Waals surface area contributed by atoms with E-state index >= 15 is 0 Å². The maximum atomic E-state index is 6.16. The molecule has 0 saturated heterocycles. The Bertz CT molecular complexity index is 830. The highest BCUT2D eigenvalue weighted by molar-refractivity contribution is 8.93. The fraction of sp³-hybridized carbons (Fsp3) is 0.167. The number of hydrogen-bond acceptors (Lipinski definition) is 3. The lowest BCUT2D eigenvalue weighted by Gasteiger charge is -2.05. The Morgan fingerprint density at radius 3 is 2.48 bits per heavy atom. The molecule has 3 rings (SSSR count). The monoisotopic (exact) mass is 408 g/mol. The largest absolute Gasteiger partial charge is 0.331 e. The zero-order valence-electron chi connectivity index (χ0n) is 13.2. The van der Waals surface area contributed by atoms with Gasteiger partial charge >= 0.3 is 0 Å². The normalized spacial score (nSPS) is 10.3. The summed E-state index contributed by atoms with van der Waals surface area (Å²) in [6.07, 6.45) is 0. The van der Waals surface area contributed by atoms with Crippen LogP contribution in [0.1, 0.15) is 16.7 Å². The van der Waals surface area contributed by atoms with Crippen LogP contribution in [0.2, 0.25) is 5.02 Å². The van der Waals surface area contributed by atoms with Crippen LogP contribution in [0.3, 0.4) is 0 Å². The minimum Gasteiger partial charge on any atom is -0.331 e. The number of aryl methyl sites for hydroxylation is 3. The van der Waals surface area contributed by atoms with Gasteiger partial charge in [0, 0.05) is 21.7 Å². The van der Waals surface area contributed by atoms with E-state index in [1.807, 2.05) is 25.1 Å². The summed E-state index contributed by atoms with van der Waals surface area (Å²) in [5.41, 5.74) is 6.70. The van der Waals surface area contributed by atoms with E-state index in [4.69, 9.17) is 16.6 Å². The molecule has 1 heterocycles. The summed E-state index contributed by atoms with van der Waals surface area (Å²) in [5.74, 6) is 0. The first kappa shape index (κ1) is 18.0. The van der Waals surface area contributed by atoms with Crippen LogP contribution in [-0.4, -0.2) is 4.98 Å². The molecule has 0 saturated carbocycles. The molecule has 0 amide bonds. The van der Waals surface area contributed by atoms with Gasteiger partial charge in [-0.05, 0) is 50.1 Å². The van der Waals surface area contributed by atoms with Crippen LogP contribution in [0.5, 0.6) is 0 Å². The Balaban J connectivity index is 0.00000192. The number of nitrogens with one attached hydrogen (secondary N) is 1. The number of hydrogen-bond donors (Lipinski definition) is 1. The Kier molecular flexibility index (Phi) is 5.84. The predicted octanol–water partition coefficient (Wildman–Crippen LogP) is 6.71. The smallest absolute Gasteiger partial charge is 0.187 e. The van der Waals surface area contributed by atoms with Gasteiger partial charge in [0.25, 0.3) is 0 Å². The maximum absolute atomic E-state index is 6.16. The van der Waals surface area contributed by atoms with Gasteiger partial charge in [-0.25, -0.2) is 4.98 Å². The van der Waals surface area contributed by atoms with Crippen LogP contribution in [0.15, 0.2) is 41.8 Å². The van der Waals surface area contributed by atoms with E-state index in [1.54, 1.807) is 11.3 Å². The van der Waals surface area contributed by atoms with Crippen molar-refractivity contribution < 1.29 is 0 Å². The number of halogens is 2. The summed E-state index contributed by atoms with van der Waals surface area (Å²) in [5, 5.41) is 7.03. The van der Waals surface area contributed by atoms with E-state index in [2.05, 4.69) is 42.7 Å². The summed E-state index contributed by atoms with van der Waals surface area (Å²) < 4.78 is 0. The Hall–Kier alpha value is -1.36. The third kappa shape index (κ3) is 4.14. The highest BCUT2D eigenvalue weighted by atomic mass is 79.9. The van der Waals surface area contributed by atoms with Crippen molar-refractivity contribution in [1.82, 2.24) is 4.98 Å². The van der Waals surface area contributed by atoms with Gasteiger partial charge in [-0.15, -0.1) is 28.3 Å². The first-order chi connectivity index (χ1) is 10.5. The summed E-state index contributed by atoms with van der Waals surface area (Å²) in [7, 11) is 0. The van der Waals surface area contributed by atoms with Gasteiger partial charge in [-0.1, -0.05) is 35.4 Å². The van der Waals surface area contributed by atoms with Crippen molar-refractivity contribution in [3.8, 4) is 11.3 Å². The molecule has 1 N–H and O–H groups in total. The number of nitrogens with zero attached hydrogens (tertiary/aromatic N) is 1. The fourth-order valence-electron chi connectivity index (χ4n) is 2.26. The predicted molar refractivity (Wildman–Crippen MR) is 107 cm³/mol. The van der Waals surface area contributed by atoms with Gasteiger partial charge in [-0.3, -0.25) is 0 Å². The van der Waals surface area contributed by atoms with E-state index in [1.165, 1.54) is 16.7 Å². The average molecular weight is 410 g/mol. The van der Waals surface area contributed by atoms with Crippen molar-refractivity contribution in [2.75, 3.05) is 5.32 Å². The molecule has 23 heavy (non-hydrogen) atoms. The second-order valence-electron chi connectivity index (χ2n) is 5.45. The molecule has 2 nitrogen and oxygen atoms in total. The molecular weight excluding hydrogens is 392 g/mol. The van der Waals surface area contributed by atoms with Gasteiger partial charge in [0.15, 0.2) is 5.13 Å². The highest BCUT2D eigenvalue weighted by Gasteiger charge is 2.08. The van der Waals surface area contributed by atoms with Crippen LogP contribution in [0.4, 0.5) is 10.8 Å². The average Bonchev–Trinajstić information content (AvgIpc) is 2.94. The van der Waals surface area contributed by atoms with E-state index in [0.29, 0.717) is 0 Å². The standard InChI is InChI=1S/C18H17ClN2S.BrH/c1-11-4-5-12(2)15(8-11)17-10-22-18(21-17)20-14-7-6-13(3)16(19)9-14;/h4-10H,1-3H3,(H,20,21);1H. The molecule has 0 fully saturated rings. The van der Waals surface area contributed by atoms with Gasteiger partial charge in [0.2, 0.25) is 0 Å². The van der Waals surface area contributed by atoms with Crippen molar-refractivity contribution in [2.45, 2.75) is 20.8 Å². The van der Waals surface area contributed by atoms with E-state index in [0.717, 1.165) is 27.1 Å². The SMILES string of the molecule is Br.Cc1ccc(C)c(-c2csc(Nc3ccc(C)c(Cl)c3)n2)c1. The molecule has 2 aromatic carbocycles. The number of anilines is 2. The number of thiazole rings is 1. The van der Waals surface area contributed by atoms with Crippen LogP contribution in [-0.2, 0) is 0 Å². The second kappa shape index (κ2) is 7.47. The summed E-state index contributed by atoms with van der Waals surface area (Å²) in [6, 6.07) is 12.4. The molecule has 0 atom stereocenters. The summed E-state index contributed by atoms with van der Waals surface area (Å²) in [6.45, 7) is 6.21. The number of rotatable bonds is 3. The first-order valence-corrected chi connectivity index (χ1v) is 8.35. The lowest BCUT2D eigenvalue weighted by Crippen LogP contribution is -1.91. The topological polar surface area (TPSA) is 24.9 Å². The highest BCUT2D eigenvalue weighted by Crippen LogP contribution is 2.30. The molecule has 0 bridgehead atoms. The molecule has 0 aliphatic heterocycles. The lowest BCUT2D eigenvalue weighted by molar-refractivity contribution is 1.33. The van der Waals surface area contributed by atoms with Crippen molar-refractivity contribution in [2.24, 2.45) is 0 Å². The zero-order valence-corrected chi connectivity index (χ0v) is 16.5. The number of benzene rings is 2. The maximum Gasteiger partial charge on any atom is 0.187 e. The summed E-state index contributed by atoms with van der Waals surface area (Å²) >= 11 is 7.76. The van der Waals surface area contributed by atoms with Crippen LogP contribution in [0.25, 0.3) is 11.3 Å². The van der Waals surface area contributed by atoms with E-state index in [9.17, 15) is 0 Å². The molecule has 3 aromatic rings. The Morgan fingerprint density at radius 2 is 1.74 bits per heavy atom. The van der Waals surface area contributed by atoms with Crippen LogP contribution < -0.4 is 5.32 Å². The molecule has 0 spiro atoms. The first-order valence-electron chi connectivity index (χ1n) is 7.09. The molecule has 1 aromatic heterocycles. The molecular formula is C18H18BrClN2S. The molecule has 120 valence electrons. The van der Waals surface area contributed by atoms with Crippen molar-refractivity contribution in [3.63, 3.8) is 0 Å². The fourth-order valence-corrected chi connectivity index (χ4v) is 3.17. The molecule has 0 aliphatic carbocycles. The minimum absolute atomic E-state index is 0. The van der Waals surface area contributed by atoms with Crippen LogP contribution >= 0.6 is 39.9 Å².